The Balaban J connectivity index is 1.72. The molecule has 1 aliphatic carbocycles. The standard InChI is InChI=1S/C17H19NO2S/c19-16(18-12-17(20)9-4-5-10-17)15-14(8-11-21-15)13-6-2-1-3-7-13/h1-3,6-8,11,20H,4-5,9-10,12H2,(H,18,19). The van der Waals surface area contributed by atoms with E-state index < -0.39 is 5.60 Å². The molecule has 0 aliphatic heterocycles. The molecular formula is C17H19NO2S. The molecule has 0 spiro atoms. The number of carbonyl (C=O) groups excluding carboxylic acids is 1. The summed E-state index contributed by atoms with van der Waals surface area (Å²) in [5, 5.41) is 15.1. The molecule has 3 nitrogen and oxygen atoms in total. The largest absolute Gasteiger partial charge is 0.388 e. The van der Waals surface area contributed by atoms with Crippen LogP contribution in [0.2, 0.25) is 0 Å². The molecule has 0 unspecified atom stereocenters. The quantitative estimate of drug-likeness (QED) is 0.908. The minimum Gasteiger partial charge on any atom is -0.388 e. The van der Waals surface area contributed by atoms with Gasteiger partial charge >= 0.3 is 0 Å². The molecule has 1 amide bonds. The lowest BCUT2D eigenvalue weighted by atomic mass is 10.0. The lowest BCUT2D eigenvalue weighted by Crippen LogP contribution is -2.40. The third-order valence-corrected chi connectivity index (χ3v) is 4.98. The molecule has 1 aliphatic rings. The Kier molecular flexibility index (Phi) is 4.08. The zero-order valence-electron chi connectivity index (χ0n) is 11.8. The number of hydrogen-bond donors (Lipinski definition) is 2. The molecule has 110 valence electrons. The molecule has 3 rings (SSSR count). The summed E-state index contributed by atoms with van der Waals surface area (Å²) in [5.41, 5.74) is 1.29. The number of benzene rings is 1. The molecule has 4 heteroatoms. The summed E-state index contributed by atoms with van der Waals surface area (Å²) >= 11 is 1.44. The maximum absolute atomic E-state index is 12.4. The van der Waals surface area contributed by atoms with E-state index in [1.54, 1.807) is 0 Å². The van der Waals surface area contributed by atoms with E-state index in [-0.39, 0.29) is 5.91 Å². The van der Waals surface area contributed by atoms with Crippen molar-refractivity contribution in [2.24, 2.45) is 0 Å². The Labute approximate surface area is 128 Å². The average molecular weight is 301 g/mol. The van der Waals surface area contributed by atoms with Crippen molar-refractivity contribution in [3.63, 3.8) is 0 Å². The van der Waals surface area contributed by atoms with Gasteiger partial charge in [0, 0.05) is 12.1 Å². The van der Waals surface area contributed by atoms with Crippen molar-refractivity contribution < 1.29 is 9.90 Å². The number of rotatable bonds is 4. The smallest absolute Gasteiger partial charge is 0.262 e. The molecule has 2 N–H and O–H groups in total. The maximum Gasteiger partial charge on any atom is 0.262 e. The summed E-state index contributed by atoms with van der Waals surface area (Å²) in [6.07, 6.45) is 3.65. The van der Waals surface area contributed by atoms with Crippen LogP contribution >= 0.6 is 11.3 Å². The van der Waals surface area contributed by atoms with Crippen LogP contribution in [0.4, 0.5) is 0 Å². The van der Waals surface area contributed by atoms with Gasteiger partial charge in [-0.05, 0) is 29.9 Å². The molecule has 1 heterocycles. The summed E-state index contributed by atoms with van der Waals surface area (Å²) in [4.78, 5) is 13.1. The third-order valence-electron chi connectivity index (χ3n) is 4.07. The molecular weight excluding hydrogens is 282 g/mol. The van der Waals surface area contributed by atoms with E-state index >= 15 is 0 Å². The van der Waals surface area contributed by atoms with Crippen LogP contribution in [0.1, 0.15) is 35.4 Å². The van der Waals surface area contributed by atoms with Gasteiger partial charge in [-0.3, -0.25) is 4.79 Å². The molecule has 0 radical (unpaired) electrons. The van der Waals surface area contributed by atoms with Crippen LogP contribution in [0.5, 0.6) is 0 Å². The third kappa shape index (κ3) is 3.17. The molecule has 21 heavy (non-hydrogen) atoms. The fourth-order valence-electron chi connectivity index (χ4n) is 2.87. The fourth-order valence-corrected chi connectivity index (χ4v) is 3.70. The lowest BCUT2D eigenvalue weighted by Gasteiger charge is -2.22. The Bertz CT molecular complexity index is 615. The highest BCUT2D eigenvalue weighted by Crippen LogP contribution is 2.30. The second-order valence-corrected chi connectivity index (χ2v) is 6.56. The summed E-state index contributed by atoms with van der Waals surface area (Å²) in [7, 11) is 0. The molecule has 0 bridgehead atoms. The highest BCUT2D eigenvalue weighted by atomic mass is 32.1. The Morgan fingerprint density at radius 1 is 1.19 bits per heavy atom. The van der Waals surface area contributed by atoms with E-state index in [0.29, 0.717) is 11.4 Å². The van der Waals surface area contributed by atoms with Crippen molar-refractivity contribution in [3.8, 4) is 11.1 Å². The number of aliphatic hydroxyl groups is 1. The van der Waals surface area contributed by atoms with Crippen molar-refractivity contribution in [1.82, 2.24) is 5.32 Å². The van der Waals surface area contributed by atoms with Gasteiger partial charge in [0.2, 0.25) is 0 Å². The number of hydrogen-bond acceptors (Lipinski definition) is 3. The zero-order valence-corrected chi connectivity index (χ0v) is 12.7. The zero-order chi connectivity index (χ0) is 14.7. The first-order valence-corrected chi connectivity index (χ1v) is 8.19. The Hall–Kier alpha value is -1.65. The second kappa shape index (κ2) is 6.00. The van der Waals surface area contributed by atoms with Crippen molar-refractivity contribution >= 4 is 17.2 Å². The Morgan fingerprint density at radius 2 is 1.90 bits per heavy atom. The maximum atomic E-state index is 12.4. The average Bonchev–Trinajstić information content (AvgIpc) is 3.15. The minimum absolute atomic E-state index is 0.0934. The van der Waals surface area contributed by atoms with Crippen LogP contribution in [0, 0.1) is 0 Å². The summed E-state index contributed by atoms with van der Waals surface area (Å²) in [6.45, 7) is 0.345. The van der Waals surface area contributed by atoms with E-state index in [0.717, 1.165) is 36.8 Å². The highest BCUT2D eigenvalue weighted by molar-refractivity contribution is 7.12. The van der Waals surface area contributed by atoms with Gasteiger partial charge < -0.3 is 10.4 Å². The predicted molar refractivity (Wildman–Crippen MR) is 85.5 cm³/mol. The van der Waals surface area contributed by atoms with Crippen LogP contribution in [0.15, 0.2) is 41.8 Å². The van der Waals surface area contributed by atoms with Crippen LogP contribution in [0.25, 0.3) is 11.1 Å². The van der Waals surface area contributed by atoms with Gasteiger partial charge in [-0.15, -0.1) is 11.3 Å². The van der Waals surface area contributed by atoms with Crippen molar-refractivity contribution in [3.05, 3.63) is 46.7 Å². The number of thiophene rings is 1. The topological polar surface area (TPSA) is 49.3 Å². The van der Waals surface area contributed by atoms with Gasteiger partial charge in [0.05, 0.1) is 10.5 Å². The first kappa shape index (κ1) is 14.3. The van der Waals surface area contributed by atoms with Gasteiger partial charge in [0.1, 0.15) is 0 Å². The van der Waals surface area contributed by atoms with Gasteiger partial charge in [-0.25, -0.2) is 0 Å². The van der Waals surface area contributed by atoms with Gasteiger partial charge in [0.15, 0.2) is 0 Å². The van der Waals surface area contributed by atoms with Gasteiger partial charge in [-0.1, -0.05) is 43.2 Å². The highest BCUT2D eigenvalue weighted by Gasteiger charge is 2.31. The SMILES string of the molecule is O=C(NCC1(O)CCCC1)c1sccc1-c1ccccc1. The molecule has 0 saturated heterocycles. The number of nitrogens with one attached hydrogen (secondary N) is 1. The fraction of sp³-hybridized carbons (Fsp3) is 0.353. The minimum atomic E-state index is -0.709. The normalized spacial score (nSPS) is 16.8. The number of carbonyl (C=O) groups is 1. The second-order valence-electron chi connectivity index (χ2n) is 5.64. The van der Waals surface area contributed by atoms with Crippen molar-refractivity contribution in [2.75, 3.05) is 6.54 Å². The molecule has 2 aromatic rings. The Morgan fingerprint density at radius 3 is 2.62 bits per heavy atom. The van der Waals surface area contributed by atoms with E-state index in [1.165, 1.54) is 11.3 Å². The van der Waals surface area contributed by atoms with Crippen LogP contribution in [-0.4, -0.2) is 23.2 Å². The molecule has 1 aromatic carbocycles. The molecule has 1 aromatic heterocycles. The summed E-state index contributed by atoms with van der Waals surface area (Å²) in [6, 6.07) is 11.9. The van der Waals surface area contributed by atoms with E-state index in [4.69, 9.17) is 0 Å². The van der Waals surface area contributed by atoms with Crippen LogP contribution in [0.3, 0.4) is 0 Å². The van der Waals surface area contributed by atoms with Crippen LogP contribution < -0.4 is 5.32 Å². The lowest BCUT2D eigenvalue weighted by molar-refractivity contribution is 0.0450. The van der Waals surface area contributed by atoms with Gasteiger partial charge in [0.25, 0.3) is 5.91 Å². The molecule has 1 fully saturated rings. The molecule has 0 atom stereocenters. The predicted octanol–water partition coefficient (Wildman–Crippen LogP) is 3.45. The van der Waals surface area contributed by atoms with Crippen LogP contribution in [-0.2, 0) is 0 Å². The molecule has 1 saturated carbocycles. The first-order valence-electron chi connectivity index (χ1n) is 7.31. The summed E-state index contributed by atoms with van der Waals surface area (Å²) < 4.78 is 0. The van der Waals surface area contributed by atoms with Crippen molar-refractivity contribution in [2.45, 2.75) is 31.3 Å². The summed E-state index contributed by atoms with van der Waals surface area (Å²) in [5.74, 6) is -0.0934. The van der Waals surface area contributed by atoms with E-state index in [2.05, 4.69) is 5.32 Å². The van der Waals surface area contributed by atoms with Gasteiger partial charge in [-0.2, -0.15) is 0 Å². The first-order chi connectivity index (χ1) is 10.2. The van der Waals surface area contributed by atoms with Crippen molar-refractivity contribution in [1.29, 1.82) is 0 Å². The number of amides is 1. The monoisotopic (exact) mass is 301 g/mol. The van der Waals surface area contributed by atoms with E-state index in [1.807, 2.05) is 41.8 Å². The van der Waals surface area contributed by atoms with E-state index in [9.17, 15) is 9.90 Å².